The zero-order chi connectivity index (χ0) is 21.2. The number of carbonyl (C=O) groups is 1. The van der Waals surface area contributed by atoms with Gasteiger partial charge < -0.3 is 10.6 Å². The lowest BCUT2D eigenvalue weighted by atomic mass is 9.90. The number of nitrogens with two attached hydrogens (primary N) is 1. The highest BCUT2D eigenvalue weighted by Gasteiger charge is 2.33. The quantitative estimate of drug-likeness (QED) is 0.479. The molecule has 2 aromatic heterocycles. The zero-order valence-corrected chi connectivity index (χ0v) is 17.8. The van der Waals surface area contributed by atoms with Crippen molar-refractivity contribution in [1.29, 1.82) is 0 Å². The molecule has 1 aromatic carbocycles. The van der Waals surface area contributed by atoms with Gasteiger partial charge in [0.2, 0.25) is 0 Å². The van der Waals surface area contributed by atoms with E-state index >= 15 is 0 Å². The molecule has 31 heavy (non-hydrogen) atoms. The monoisotopic (exact) mass is 412 g/mol. The van der Waals surface area contributed by atoms with Gasteiger partial charge in [-0.05, 0) is 78.6 Å². The number of benzene rings is 1. The van der Waals surface area contributed by atoms with Crippen molar-refractivity contribution >= 4 is 5.91 Å². The largest absolute Gasteiger partial charge is 0.330 e. The van der Waals surface area contributed by atoms with Crippen LogP contribution in [0, 0.1) is 0 Å². The molecule has 1 amide bonds. The number of nitrogens with zero attached hydrogens (tertiary/aromatic N) is 3. The maximum Gasteiger partial charge on any atom is 0.273 e. The molecular weight excluding hydrogens is 384 g/mol. The first-order chi connectivity index (χ1) is 15.3. The van der Waals surface area contributed by atoms with E-state index in [-0.39, 0.29) is 11.9 Å². The predicted molar refractivity (Wildman–Crippen MR) is 122 cm³/mol. The van der Waals surface area contributed by atoms with Crippen LogP contribution in [0.25, 0.3) is 11.1 Å². The van der Waals surface area contributed by atoms with Crippen molar-refractivity contribution in [2.45, 2.75) is 44.6 Å². The standard InChI is InChI=1S/C26H28N4O/c27-13-3-4-16-30(23-11-5-8-18-9-6-14-28-24(18)23)26(31)25-22-17-19-7-1-2-10-20(19)21(22)12-15-29-25/h1-2,6-7,9-10,12,14-15,23H,3-5,8,11,13,16-17,27H2. The summed E-state index contributed by atoms with van der Waals surface area (Å²) >= 11 is 0. The second kappa shape index (κ2) is 8.60. The van der Waals surface area contributed by atoms with E-state index in [1.54, 1.807) is 6.20 Å². The number of carbonyl (C=O) groups excluding carboxylic acids is 1. The summed E-state index contributed by atoms with van der Waals surface area (Å²) in [5.41, 5.74) is 13.3. The summed E-state index contributed by atoms with van der Waals surface area (Å²) in [5, 5.41) is 0. The molecule has 0 saturated heterocycles. The predicted octanol–water partition coefficient (Wildman–Crippen LogP) is 4.31. The highest BCUT2D eigenvalue weighted by atomic mass is 16.2. The normalized spacial score (nSPS) is 16.4. The third-order valence-electron chi connectivity index (χ3n) is 6.59. The van der Waals surface area contributed by atoms with Crippen LogP contribution in [0.5, 0.6) is 0 Å². The van der Waals surface area contributed by atoms with Crippen LogP contribution in [-0.4, -0.2) is 33.9 Å². The van der Waals surface area contributed by atoms with Crippen molar-refractivity contribution in [1.82, 2.24) is 14.9 Å². The summed E-state index contributed by atoms with van der Waals surface area (Å²) < 4.78 is 0. The van der Waals surface area contributed by atoms with Gasteiger partial charge in [0.05, 0.1) is 11.7 Å². The van der Waals surface area contributed by atoms with E-state index in [1.165, 1.54) is 16.7 Å². The van der Waals surface area contributed by atoms with E-state index in [0.717, 1.165) is 55.3 Å². The molecule has 0 aliphatic heterocycles. The Kier molecular flexibility index (Phi) is 5.51. The second-order valence-corrected chi connectivity index (χ2v) is 8.47. The number of hydrogen-bond donors (Lipinski definition) is 1. The van der Waals surface area contributed by atoms with E-state index in [4.69, 9.17) is 10.7 Å². The minimum atomic E-state index is -0.00309. The maximum atomic E-state index is 14.0. The fourth-order valence-corrected chi connectivity index (χ4v) is 5.09. The molecule has 5 rings (SSSR count). The lowest BCUT2D eigenvalue weighted by Crippen LogP contribution is -2.39. The van der Waals surface area contributed by atoms with Gasteiger partial charge in [-0.3, -0.25) is 14.8 Å². The van der Waals surface area contributed by atoms with Gasteiger partial charge in [-0.15, -0.1) is 0 Å². The number of hydrogen-bond acceptors (Lipinski definition) is 4. The molecule has 0 radical (unpaired) electrons. The van der Waals surface area contributed by atoms with Gasteiger partial charge >= 0.3 is 0 Å². The molecule has 0 spiro atoms. The average molecular weight is 413 g/mol. The molecule has 2 aliphatic rings. The van der Waals surface area contributed by atoms with Gasteiger partial charge in [0.1, 0.15) is 5.69 Å². The molecular formula is C26H28N4O. The zero-order valence-electron chi connectivity index (χ0n) is 17.8. The summed E-state index contributed by atoms with van der Waals surface area (Å²) in [6.07, 6.45) is 9.19. The van der Waals surface area contributed by atoms with Crippen LogP contribution in [0.15, 0.2) is 54.9 Å². The molecule has 158 valence electrons. The molecule has 0 fully saturated rings. The summed E-state index contributed by atoms with van der Waals surface area (Å²) in [6.45, 7) is 1.31. The summed E-state index contributed by atoms with van der Waals surface area (Å²) in [5.74, 6) is 0.0187. The molecule has 2 aliphatic carbocycles. The smallest absolute Gasteiger partial charge is 0.273 e. The van der Waals surface area contributed by atoms with Gasteiger partial charge in [-0.1, -0.05) is 30.3 Å². The Hall–Kier alpha value is -3.05. The fraction of sp³-hybridized carbons (Fsp3) is 0.346. The Balaban J connectivity index is 1.52. The molecule has 0 saturated carbocycles. The molecule has 2 heterocycles. The molecule has 5 nitrogen and oxygen atoms in total. The van der Waals surface area contributed by atoms with Crippen molar-refractivity contribution in [2.75, 3.05) is 13.1 Å². The second-order valence-electron chi connectivity index (χ2n) is 8.47. The van der Waals surface area contributed by atoms with Gasteiger partial charge in [-0.2, -0.15) is 0 Å². The van der Waals surface area contributed by atoms with Crippen molar-refractivity contribution in [3.05, 3.63) is 82.9 Å². The summed E-state index contributed by atoms with van der Waals surface area (Å²) in [6, 6.07) is 14.6. The SMILES string of the molecule is NCCCCN(C(=O)c1nccc2c1Cc1ccccc1-2)C1CCCc2cccnc21. The first kappa shape index (κ1) is 19.9. The van der Waals surface area contributed by atoms with E-state index in [0.29, 0.717) is 18.8 Å². The number of amides is 1. The van der Waals surface area contributed by atoms with E-state index in [2.05, 4.69) is 35.3 Å². The Labute approximate surface area is 183 Å². The molecule has 1 atom stereocenters. The summed E-state index contributed by atoms with van der Waals surface area (Å²) in [4.78, 5) is 25.3. The lowest BCUT2D eigenvalue weighted by molar-refractivity contribution is 0.0641. The molecule has 3 aromatic rings. The van der Waals surface area contributed by atoms with Crippen molar-refractivity contribution in [3.63, 3.8) is 0 Å². The Morgan fingerprint density at radius 1 is 1.00 bits per heavy atom. The number of aromatic nitrogens is 2. The molecule has 2 N–H and O–H groups in total. The fourth-order valence-electron chi connectivity index (χ4n) is 5.09. The van der Waals surface area contributed by atoms with Gasteiger partial charge in [-0.25, -0.2) is 0 Å². The van der Waals surface area contributed by atoms with Crippen LogP contribution in [-0.2, 0) is 12.8 Å². The first-order valence-electron chi connectivity index (χ1n) is 11.3. The van der Waals surface area contributed by atoms with E-state index in [1.807, 2.05) is 23.2 Å². The van der Waals surface area contributed by atoms with Crippen molar-refractivity contribution in [2.24, 2.45) is 5.73 Å². The topological polar surface area (TPSA) is 72.1 Å². The maximum absolute atomic E-state index is 14.0. The Morgan fingerprint density at radius 2 is 1.87 bits per heavy atom. The van der Waals surface area contributed by atoms with Crippen LogP contribution in [0.1, 0.15) is 64.6 Å². The number of fused-ring (bicyclic) bond motifs is 4. The number of unbranched alkanes of at least 4 members (excludes halogenated alkanes) is 1. The van der Waals surface area contributed by atoms with Crippen LogP contribution in [0.4, 0.5) is 0 Å². The number of pyridine rings is 2. The first-order valence-corrected chi connectivity index (χ1v) is 11.3. The highest BCUT2D eigenvalue weighted by Crippen LogP contribution is 2.39. The Morgan fingerprint density at radius 3 is 2.77 bits per heavy atom. The minimum absolute atomic E-state index is 0.00309. The minimum Gasteiger partial charge on any atom is -0.330 e. The molecule has 1 unspecified atom stereocenters. The molecule has 5 heteroatoms. The van der Waals surface area contributed by atoms with Gasteiger partial charge in [0.25, 0.3) is 5.91 Å². The van der Waals surface area contributed by atoms with Crippen LogP contribution < -0.4 is 5.73 Å². The third kappa shape index (κ3) is 3.63. The van der Waals surface area contributed by atoms with Crippen molar-refractivity contribution in [3.8, 4) is 11.1 Å². The van der Waals surface area contributed by atoms with Crippen molar-refractivity contribution < 1.29 is 4.79 Å². The molecule has 0 bridgehead atoms. The number of aryl methyl sites for hydroxylation is 1. The third-order valence-corrected chi connectivity index (χ3v) is 6.59. The number of rotatable bonds is 6. The van der Waals surface area contributed by atoms with Crippen LogP contribution in [0.2, 0.25) is 0 Å². The highest BCUT2D eigenvalue weighted by molar-refractivity contribution is 5.97. The van der Waals surface area contributed by atoms with E-state index < -0.39 is 0 Å². The summed E-state index contributed by atoms with van der Waals surface area (Å²) in [7, 11) is 0. The average Bonchev–Trinajstić information content (AvgIpc) is 3.20. The van der Waals surface area contributed by atoms with Crippen LogP contribution >= 0.6 is 0 Å². The Bertz CT molecular complexity index is 1110. The van der Waals surface area contributed by atoms with Gasteiger partial charge in [0.15, 0.2) is 0 Å². The van der Waals surface area contributed by atoms with E-state index in [9.17, 15) is 4.79 Å². The lowest BCUT2D eigenvalue weighted by Gasteiger charge is -2.35. The van der Waals surface area contributed by atoms with Crippen LogP contribution in [0.3, 0.4) is 0 Å². The van der Waals surface area contributed by atoms with Gasteiger partial charge in [0, 0.05) is 25.4 Å².